The van der Waals surface area contributed by atoms with Crippen molar-refractivity contribution in [2.45, 2.75) is 37.1 Å². The van der Waals surface area contributed by atoms with E-state index in [0.717, 1.165) is 51.3 Å². The van der Waals surface area contributed by atoms with Crippen LogP contribution in [0, 0.1) is 0 Å². The number of hydrogen-bond acceptors (Lipinski definition) is 5. The number of anilines is 1. The molecule has 3 aliphatic heterocycles. The van der Waals surface area contributed by atoms with E-state index in [1.54, 1.807) is 6.20 Å². The molecule has 0 bridgehead atoms. The van der Waals surface area contributed by atoms with E-state index in [-0.39, 0.29) is 17.7 Å². The van der Waals surface area contributed by atoms with Crippen LogP contribution in [0.4, 0.5) is 5.82 Å². The topological polar surface area (TPSA) is 68.8 Å². The molecule has 2 amide bonds. The van der Waals surface area contributed by atoms with Gasteiger partial charge in [-0.2, -0.15) is 0 Å². The van der Waals surface area contributed by atoms with Gasteiger partial charge in [-0.1, -0.05) is 36.8 Å². The van der Waals surface area contributed by atoms with Gasteiger partial charge in [-0.05, 0) is 37.6 Å². The van der Waals surface area contributed by atoms with Crippen molar-refractivity contribution in [3.8, 4) is 0 Å². The number of amides is 2. The number of piperazine rings is 1. The highest BCUT2D eigenvalue weighted by atomic mass is 16.2. The summed E-state index contributed by atoms with van der Waals surface area (Å²) in [6.45, 7) is 4.96. The van der Waals surface area contributed by atoms with Gasteiger partial charge in [0.15, 0.2) is 0 Å². The molecule has 1 spiro atoms. The lowest BCUT2D eigenvalue weighted by Crippen LogP contribution is -2.52. The predicted molar refractivity (Wildman–Crippen MR) is 128 cm³/mol. The Morgan fingerprint density at radius 2 is 1.88 bits per heavy atom. The van der Waals surface area contributed by atoms with Crippen molar-refractivity contribution in [2.75, 3.05) is 51.2 Å². The maximum atomic E-state index is 13.7. The van der Waals surface area contributed by atoms with E-state index >= 15 is 0 Å². The molecule has 0 unspecified atom stereocenters. The quantitative estimate of drug-likeness (QED) is 0.783. The summed E-state index contributed by atoms with van der Waals surface area (Å²) in [5.74, 6) is 1.07. The number of likely N-dealkylation sites (N-methyl/N-ethyl adjacent to an activating group) is 1. The number of hydrogen-bond donors (Lipinski definition) is 1. The average Bonchev–Trinajstić information content (AvgIpc) is 3.10. The summed E-state index contributed by atoms with van der Waals surface area (Å²) in [6.07, 6.45) is 5.10. The molecular formula is C26H33N5O2. The minimum Gasteiger partial charge on any atom is -0.354 e. The molecule has 3 aliphatic rings. The lowest BCUT2D eigenvalue weighted by Gasteiger charge is -2.34. The van der Waals surface area contributed by atoms with Gasteiger partial charge in [0.05, 0.1) is 5.54 Å². The Balaban J connectivity index is 1.41. The molecule has 1 aromatic heterocycles. The SMILES string of the molecule is CN1CCN(c2cc(C(=O)N3C[C@@H](c4ccccc4)[C@@]4(CCCCC(=O)N4)C3)ccn2)CC1. The lowest BCUT2D eigenvalue weighted by atomic mass is 9.79. The van der Waals surface area contributed by atoms with Crippen LogP contribution in [0.1, 0.15) is 47.5 Å². The lowest BCUT2D eigenvalue weighted by molar-refractivity contribution is -0.122. The molecule has 0 radical (unpaired) electrons. The zero-order valence-corrected chi connectivity index (χ0v) is 19.4. The largest absolute Gasteiger partial charge is 0.354 e. The zero-order valence-electron chi connectivity index (χ0n) is 19.4. The molecule has 4 heterocycles. The highest BCUT2D eigenvalue weighted by Gasteiger charge is 2.49. The molecule has 7 heteroatoms. The Bertz CT molecular complexity index is 1000. The number of aromatic nitrogens is 1. The van der Waals surface area contributed by atoms with Crippen molar-refractivity contribution in [3.05, 3.63) is 59.8 Å². The number of rotatable bonds is 3. The normalized spacial score (nSPS) is 26.3. The van der Waals surface area contributed by atoms with Crippen molar-refractivity contribution < 1.29 is 9.59 Å². The summed E-state index contributed by atoms with van der Waals surface area (Å²) in [5, 5.41) is 3.35. The van der Waals surface area contributed by atoms with Gasteiger partial charge < -0.3 is 20.0 Å². The van der Waals surface area contributed by atoms with Crippen molar-refractivity contribution in [3.63, 3.8) is 0 Å². The highest BCUT2D eigenvalue weighted by Crippen LogP contribution is 2.41. The predicted octanol–water partition coefficient (Wildman–Crippen LogP) is 2.50. The number of pyridine rings is 1. The van der Waals surface area contributed by atoms with E-state index in [1.165, 1.54) is 5.56 Å². The Hall–Kier alpha value is -2.93. The Labute approximate surface area is 195 Å². The van der Waals surface area contributed by atoms with Crippen molar-refractivity contribution in [1.29, 1.82) is 0 Å². The van der Waals surface area contributed by atoms with E-state index in [4.69, 9.17) is 0 Å². The molecule has 3 fully saturated rings. The molecular weight excluding hydrogens is 414 g/mol. The second-order valence-corrected chi connectivity index (χ2v) is 9.75. The van der Waals surface area contributed by atoms with E-state index < -0.39 is 5.54 Å². The van der Waals surface area contributed by atoms with Gasteiger partial charge in [0.2, 0.25) is 5.91 Å². The number of nitrogens with zero attached hydrogens (tertiary/aromatic N) is 4. The number of benzene rings is 1. The van der Waals surface area contributed by atoms with E-state index in [1.807, 2.05) is 35.2 Å². The van der Waals surface area contributed by atoms with Gasteiger partial charge >= 0.3 is 0 Å². The molecule has 0 saturated carbocycles. The smallest absolute Gasteiger partial charge is 0.254 e. The van der Waals surface area contributed by atoms with Crippen LogP contribution < -0.4 is 10.2 Å². The minimum atomic E-state index is -0.405. The fourth-order valence-electron chi connectivity index (χ4n) is 5.63. The third-order valence-electron chi connectivity index (χ3n) is 7.52. The van der Waals surface area contributed by atoms with Crippen LogP contribution in [-0.4, -0.2) is 78.5 Å². The molecule has 174 valence electrons. The molecule has 1 aromatic carbocycles. The first kappa shape index (κ1) is 21.9. The van der Waals surface area contributed by atoms with Crippen LogP contribution in [0.15, 0.2) is 48.7 Å². The maximum Gasteiger partial charge on any atom is 0.254 e. The number of likely N-dealkylation sites (tertiary alicyclic amines) is 1. The van der Waals surface area contributed by atoms with Crippen molar-refractivity contribution in [1.82, 2.24) is 20.1 Å². The van der Waals surface area contributed by atoms with Gasteiger partial charge in [0.1, 0.15) is 5.82 Å². The summed E-state index contributed by atoms with van der Waals surface area (Å²) < 4.78 is 0. The molecule has 33 heavy (non-hydrogen) atoms. The Morgan fingerprint density at radius 3 is 2.67 bits per heavy atom. The van der Waals surface area contributed by atoms with E-state index in [0.29, 0.717) is 25.1 Å². The fraction of sp³-hybridized carbons (Fsp3) is 0.500. The number of nitrogens with one attached hydrogen (secondary N) is 1. The fourth-order valence-corrected chi connectivity index (χ4v) is 5.63. The third kappa shape index (κ3) is 4.47. The molecule has 2 aromatic rings. The molecule has 0 aliphatic carbocycles. The summed E-state index contributed by atoms with van der Waals surface area (Å²) in [7, 11) is 2.13. The van der Waals surface area contributed by atoms with Crippen LogP contribution in [0.5, 0.6) is 0 Å². The van der Waals surface area contributed by atoms with E-state index in [2.05, 4.69) is 39.3 Å². The molecule has 1 N–H and O–H groups in total. The van der Waals surface area contributed by atoms with Crippen molar-refractivity contribution >= 4 is 17.6 Å². The van der Waals surface area contributed by atoms with Crippen LogP contribution in [-0.2, 0) is 4.79 Å². The third-order valence-corrected chi connectivity index (χ3v) is 7.52. The van der Waals surface area contributed by atoms with Crippen LogP contribution >= 0.6 is 0 Å². The first-order valence-electron chi connectivity index (χ1n) is 12.1. The maximum absolute atomic E-state index is 13.7. The van der Waals surface area contributed by atoms with Gasteiger partial charge in [-0.15, -0.1) is 0 Å². The zero-order chi connectivity index (χ0) is 22.8. The van der Waals surface area contributed by atoms with Gasteiger partial charge in [-0.25, -0.2) is 4.98 Å². The second kappa shape index (κ2) is 9.14. The summed E-state index contributed by atoms with van der Waals surface area (Å²) in [6, 6.07) is 14.1. The molecule has 7 nitrogen and oxygen atoms in total. The summed E-state index contributed by atoms with van der Waals surface area (Å²) >= 11 is 0. The van der Waals surface area contributed by atoms with Crippen LogP contribution in [0.25, 0.3) is 0 Å². The van der Waals surface area contributed by atoms with Crippen LogP contribution in [0.3, 0.4) is 0 Å². The first-order valence-corrected chi connectivity index (χ1v) is 12.1. The summed E-state index contributed by atoms with van der Waals surface area (Å²) in [4.78, 5) is 37.3. The average molecular weight is 448 g/mol. The van der Waals surface area contributed by atoms with Gasteiger partial charge in [0, 0.05) is 63.4 Å². The minimum absolute atomic E-state index is 0.0177. The van der Waals surface area contributed by atoms with E-state index in [9.17, 15) is 9.59 Å². The Morgan fingerprint density at radius 1 is 1.09 bits per heavy atom. The summed E-state index contributed by atoms with van der Waals surface area (Å²) in [5.41, 5.74) is 1.45. The Kier molecular flexibility index (Phi) is 6.06. The molecule has 2 atom stereocenters. The van der Waals surface area contributed by atoms with Crippen LogP contribution in [0.2, 0.25) is 0 Å². The highest BCUT2D eigenvalue weighted by molar-refractivity contribution is 5.95. The second-order valence-electron chi connectivity index (χ2n) is 9.75. The molecule has 5 rings (SSSR count). The van der Waals surface area contributed by atoms with Gasteiger partial charge in [-0.3, -0.25) is 9.59 Å². The number of carbonyl (C=O) groups is 2. The molecule has 3 saturated heterocycles. The first-order chi connectivity index (χ1) is 16.0. The van der Waals surface area contributed by atoms with Gasteiger partial charge in [0.25, 0.3) is 5.91 Å². The monoisotopic (exact) mass is 447 g/mol. The van der Waals surface area contributed by atoms with Crippen molar-refractivity contribution in [2.24, 2.45) is 0 Å². The standard InChI is InChI=1S/C26H33N5O2/c1-29-13-15-30(16-14-29)23-17-21(10-12-27-23)25(33)31-18-22(20-7-3-2-4-8-20)26(19-31)11-6-5-9-24(32)28-26/h2-4,7-8,10,12,17,22H,5-6,9,11,13-16,18-19H2,1H3,(H,28,32)/t22-,26+/m0/s1. The number of carbonyl (C=O) groups excluding carboxylic acids is 2.